The van der Waals surface area contributed by atoms with Crippen LogP contribution in [0.2, 0.25) is 0 Å². The van der Waals surface area contributed by atoms with Gasteiger partial charge in [-0.1, -0.05) is 32.6 Å². The molecule has 2 aliphatic heterocycles. The summed E-state index contributed by atoms with van der Waals surface area (Å²) in [5.74, 6) is -0.460. The van der Waals surface area contributed by atoms with Crippen molar-refractivity contribution in [1.82, 2.24) is 24.9 Å². The molecule has 1 N–H and O–H groups in total. The van der Waals surface area contributed by atoms with E-state index >= 15 is 0 Å². The average molecular weight is 430 g/mol. The standard InChI is InChI=1S/C23H35N5O3/c1-3-12-27-21(30)19-15-18(20(29)26-13-8-4-5-9-14-26)25-28(19)16-23(27,2)22(31)24-17-10-6-7-11-17/h15,17H,3-14,16H2,1-2H3,(H,24,31). The summed E-state index contributed by atoms with van der Waals surface area (Å²) in [7, 11) is 0. The summed E-state index contributed by atoms with van der Waals surface area (Å²) in [5.41, 5.74) is -0.308. The minimum atomic E-state index is -1.02. The van der Waals surface area contributed by atoms with Crippen molar-refractivity contribution in [2.24, 2.45) is 0 Å². The van der Waals surface area contributed by atoms with Crippen LogP contribution in [0.1, 0.15) is 92.6 Å². The van der Waals surface area contributed by atoms with Crippen LogP contribution in [-0.4, -0.2) is 68.5 Å². The van der Waals surface area contributed by atoms with E-state index < -0.39 is 5.54 Å². The maximum atomic E-state index is 13.4. The smallest absolute Gasteiger partial charge is 0.274 e. The molecule has 0 spiro atoms. The highest BCUT2D eigenvalue weighted by molar-refractivity contribution is 6.02. The minimum absolute atomic E-state index is 0.115. The third-order valence-electron chi connectivity index (χ3n) is 7.04. The van der Waals surface area contributed by atoms with Crippen molar-refractivity contribution in [3.63, 3.8) is 0 Å². The van der Waals surface area contributed by atoms with E-state index in [1.807, 2.05) is 18.7 Å². The molecule has 8 nitrogen and oxygen atoms in total. The Morgan fingerprint density at radius 3 is 2.45 bits per heavy atom. The first-order chi connectivity index (χ1) is 14.9. The Bertz CT molecular complexity index is 836. The zero-order valence-electron chi connectivity index (χ0n) is 18.9. The van der Waals surface area contributed by atoms with Crippen molar-refractivity contribution in [1.29, 1.82) is 0 Å². The van der Waals surface area contributed by atoms with Crippen LogP contribution in [0.5, 0.6) is 0 Å². The predicted octanol–water partition coefficient (Wildman–Crippen LogP) is 2.58. The van der Waals surface area contributed by atoms with Crippen molar-refractivity contribution >= 4 is 17.7 Å². The number of hydrogen-bond donors (Lipinski definition) is 1. The van der Waals surface area contributed by atoms with E-state index in [2.05, 4.69) is 10.4 Å². The Kier molecular flexibility index (Phi) is 6.34. The van der Waals surface area contributed by atoms with Gasteiger partial charge in [0.05, 0.1) is 6.54 Å². The van der Waals surface area contributed by atoms with Gasteiger partial charge in [-0.25, -0.2) is 0 Å². The van der Waals surface area contributed by atoms with Gasteiger partial charge in [0.1, 0.15) is 11.2 Å². The van der Waals surface area contributed by atoms with Gasteiger partial charge in [-0.05, 0) is 39.0 Å². The van der Waals surface area contributed by atoms with Crippen molar-refractivity contribution < 1.29 is 14.4 Å². The van der Waals surface area contributed by atoms with Gasteiger partial charge in [0.15, 0.2) is 5.69 Å². The SMILES string of the molecule is CCCN1C(=O)c2cc(C(=O)N3CCCCCC3)nn2CC1(C)C(=O)NC1CCCC1. The molecule has 3 amide bonds. The van der Waals surface area contributed by atoms with Crippen LogP contribution in [0.3, 0.4) is 0 Å². The average Bonchev–Trinajstić information content (AvgIpc) is 3.33. The van der Waals surface area contributed by atoms with Gasteiger partial charge in [0.25, 0.3) is 11.8 Å². The van der Waals surface area contributed by atoms with E-state index in [0.717, 1.165) is 70.9 Å². The molecule has 31 heavy (non-hydrogen) atoms. The summed E-state index contributed by atoms with van der Waals surface area (Å²) in [4.78, 5) is 43.3. The second-order valence-electron chi connectivity index (χ2n) is 9.46. The summed E-state index contributed by atoms with van der Waals surface area (Å²) in [6, 6.07) is 1.80. The molecule has 8 heteroatoms. The Balaban J connectivity index is 1.60. The molecule has 1 saturated heterocycles. The van der Waals surface area contributed by atoms with Crippen LogP contribution in [0.4, 0.5) is 0 Å². The van der Waals surface area contributed by atoms with Crippen molar-refractivity contribution in [3.8, 4) is 0 Å². The van der Waals surface area contributed by atoms with Gasteiger partial charge < -0.3 is 15.1 Å². The normalized spacial score (nSPS) is 24.8. The van der Waals surface area contributed by atoms with Crippen LogP contribution in [-0.2, 0) is 11.3 Å². The lowest BCUT2D eigenvalue weighted by Gasteiger charge is -2.43. The molecule has 170 valence electrons. The highest BCUT2D eigenvalue weighted by Gasteiger charge is 2.48. The molecule has 1 aliphatic carbocycles. The van der Waals surface area contributed by atoms with E-state index in [0.29, 0.717) is 17.9 Å². The number of likely N-dealkylation sites (tertiary alicyclic amines) is 1. The number of fused-ring (bicyclic) bond motifs is 1. The van der Waals surface area contributed by atoms with E-state index in [9.17, 15) is 14.4 Å². The molecule has 3 heterocycles. The van der Waals surface area contributed by atoms with Crippen LogP contribution in [0.15, 0.2) is 6.07 Å². The second-order valence-corrected chi connectivity index (χ2v) is 9.46. The summed E-state index contributed by atoms with van der Waals surface area (Å²) in [6.07, 6.45) is 9.28. The van der Waals surface area contributed by atoms with E-state index in [1.165, 1.54) is 0 Å². The number of carbonyl (C=O) groups excluding carboxylic acids is 3. The number of nitrogens with one attached hydrogen (secondary N) is 1. The highest BCUT2D eigenvalue weighted by atomic mass is 16.2. The van der Waals surface area contributed by atoms with Crippen LogP contribution in [0.25, 0.3) is 0 Å². The first-order valence-electron chi connectivity index (χ1n) is 11.9. The summed E-state index contributed by atoms with van der Waals surface area (Å²) in [5, 5.41) is 7.68. The third kappa shape index (κ3) is 4.21. The highest BCUT2D eigenvalue weighted by Crippen LogP contribution is 2.29. The van der Waals surface area contributed by atoms with Crippen LogP contribution >= 0.6 is 0 Å². The maximum absolute atomic E-state index is 13.4. The van der Waals surface area contributed by atoms with Gasteiger partial charge in [-0.3, -0.25) is 19.1 Å². The zero-order chi connectivity index (χ0) is 22.0. The molecular formula is C23H35N5O3. The lowest BCUT2D eigenvalue weighted by Crippen LogP contribution is -2.65. The van der Waals surface area contributed by atoms with Crippen molar-refractivity contribution in [3.05, 3.63) is 17.5 Å². The first-order valence-corrected chi connectivity index (χ1v) is 11.9. The molecule has 0 radical (unpaired) electrons. The molecule has 1 unspecified atom stereocenters. The molecule has 2 fully saturated rings. The van der Waals surface area contributed by atoms with Gasteiger partial charge in [0.2, 0.25) is 5.91 Å². The summed E-state index contributed by atoms with van der Waals surface area (Å²) >= 11 is 0. The first kappa shape index (κ1) is 21.8. The molecule has 4 rings (SSSR count). The fraction of sp³-hybridized carbons (Fsp3) is 0.739. The van der Waals surface area contributed by atoms with E-state index in [4.69, 9.17) is 0 Å². The van der Waals surface area contributed by atoms with E-state index in [1.54, 1.807) is 15.6 Å². The van der Waals surface area contributed by atoms with Crippen molar-refractivity contribution in [2.75, 3.05) is 19.6 Å². The number of rotatable bonds is 5. The predicted molar refractivity (Wildman–Crippen MR) is 117 cm³/mol. The Labute approximate surface area is 184 Å². The lowest BCUT2D eigenvalue weighted by atomic mass is 9.94. The van der Waals surface area contributed by atoms with Crippen LogP contribution < -0.4 is 5.32 Å². The Morgan fingerprint density at radius 2 is 1.81 bits per heavy atom. The number of aromatic nitrogens is 2. The monoisotopic (exact) mass is 429 g/mol. The Hall–Kier alpha value is -2.38. The molecule has 0 aromatic carbocycles. The quantitative estimate of drug-likeness (QED) is 0.779. The number of amides is 3. The van der Waals surface area contributed by atoms with E-state index in [-0.39, 0.29) is 30.3 Å². The minimum Gasteiger partial charge on any atom is -0.351 e. The molecular weight excluding hydrogens is 394 g/mol. The Morgan fingerprint density at radius 1 is 1.13 bits per heavy atom. The topological polar surface area (TPSA) is 87.5 Å². The van der Waals surface area contributed by atoms with Crippen molar-refractivity contribution in [2.45, 2.75) is 89.8 Å². The fourth-order valence-electron chi connectivity index (χ4n) is 5.17. The van der Waals surface area contributed by atoms with Gasteiger partial charge in [-0.2, -0.15) is 5.10 Å². The number of hydrogen-bond acceptors (Lipinski definition) is 4. The summed E-state index contributed by atoms with van der Waals surface area (Å²) in [6.45, 7) is 6.05. The fourth-order valence-corrected chi connectivity index (χ4v) is 5.17. The molecule has 1 aromatic heterocycles. The van der Waals surface area contributed by atoms with Crippen LogP contribution in [0, 0.1) is 0 Å². The zero-order valence-corrected chi connectivity index (χ0v) is 18.9. The molecule has 0 bridgehead atoms. The third-order valence-corrected chi connectivity index (χ3v) is 7.04. The van der Waals surface area contributed by atoms with Gasteiger partial charge in [-0.15, -0.1) is 0 Å². The molecule has 1 aromatic rings. The molecule has 3 aliphatic rings. The molecule has 1 saturated carbocycles. The lowest BCUT2D eigenvalue weighted by molar-refractivity contribution is -0.133. The van der Waals surface area contributed by atoms with Gasteiger partial charge >= 0.3 is 0 Å². The number of carbonyl (C=O) groups is 3. The number of nitrogens with zero attached hydrogens (tertiary/aromatic N) is 4. The largest absolute Gasteiger partial charge is 0.351 e. The summed E-state index contributed by atoms with van der Waals surface area (Å²) < 4.78 is 1.58. The van der Waals surface area contributed by atoms with Gasteiger partial charge in [0, 0.05) is 31.7 Å². The second kappa shape index (κ2) is 9.01. The maximum Gasteiger partial charge on any atom is 0.274 e. The molecule has 1 atom stereocenters.